The summed E-state index contributed by atoms with van der Waals surface area (Å²) in [6, 6.07) is 7.99. The third-order valence-electron chi connectivity index (χ3n) is 1.86. The van der Waals surface area contributed by atoms with Gasteiger partial charge in [-0.1, -0.05) is 27.1 Å². The highest BCUT2D eigenvalue weighted by Crippen LogP contribution is 2.23. The summed E-state index contributed by atoms with van der Waals surface area (Å²) in [7, 11) is 0. The number of alkyl halides is 1. The molecular formula is C10H9BrClN3O. The predicted octanol–water partition coefficient (Wildman–Crippen LogP) is 3.88. The van der Waals surface area contributed by atoms with Crippen LogP contribution in [0.25, 0.3) is 0 Å². The molecule has 1 atom stereocenters. The lowest BCUT2D eigenvalue weighted by Gasteiger charge is -2.00. The van der Waals surface area contributed by atoms with Gasteiger partial charge in [0, 0.05) is 10.2 Å². The van der Waals surface area contributed by atoms with Gasteiger partial charge in [-0.3, -0.25) is 0 Å². The van der Waals surface area contributed by atoms with Gasteiger partial charge in [0.15, 0.2) is 0 Å². The highest BCUT2D eigenvalue weighted by atomic mass is 79.9. The Morgan fingerprint density at radius 1 is 1.44 bits per heavy atom. The van der Waals surface area contributed by atoms with Crippen molar-refractivity contribution in [3.63, 3.8) is 0 Å². The molecule has 4 nitrogen and oxygen atoms in total. The van der Waals surface area contributed by atoms with Gasteiger partial charge < -0.3 is 9.73 Å². The first-order valence-electron chi connectivity index (χ1n) is 4.65. The predicted molar refractivity (Wildman–Crippen MR) is 66.0 cm³/mol. The van der Waals surface area contributed by atoms with Gasteiger partial charge in [0.05, 0.1) is 0 Å². The Hall–Kier alpha value is -1.07. The molecule has 1 aromatic carbocycles. The molecule has 0 aliphatic rings. The monoisotopic (exact) mass is 301 g/mol. The zero-order chi connectivity index (χ0) is 11.5. The van der Waals surface area contributed by atoms with Gasteiger partial charge in [-0.15, -0.1) is 16.7 Å². The van der Waals surface area contributed by atoms with E-state index in [1.807, 2.05) is 24.3 Å². The molecule has 0 saturated heterocycles. The normalized spacial score (nSPS) is 12.4. The summed E-state index contributed by atoms with van der Waals surface area (Å²) >= 11 is 9.19. The Morgan fingerprint density at radius 3 is 2.88 bits per heavy atom. The largest absolute Gasteiger partial charge is 0.406 e. The third kappa shape index (κ3) is 2.74. The molecule has 2 aromatic rings. The quantitative estimate of drug-likeness (QED) is 0.874. The molecule has 1 aromatic heterocycles. The topological polar surface area (TPSA) is 51.0 Å². The molecule has 0 fully saturated rings. The number of halogens is 2. The molecule has 0 saturated carbocycles. The van der Waals surface area contributed by atoms with E-state index in [1.54, 1.807) is 6.92 Å². The molecule has 1 N–H and O–H groups in total. The average molecular weight is 303 g/mol. The maximum Gasteiger partial charge on any atom is 0.320 e. The van der Waals surface area contributed by atoms with Crippen LogP contribution in [0.3, 0.4) is 0 Å². The van der Waals surface area contributed by atoms with E-state index in [0.717, 1.165) is 10.2 Å². The van der Waals surface area contributed by atoms with Gasteiger partial charge >= 0.3 is 6.01 Å². The number of hydrogen-bond donors (Lipinski definition) is 1. The lowest BCUT2D eigenvalue weighted by molar-refractivity contribution is 0.510. The van der Waals surface area contributed by atoms with Crippen LogP contribution in [-0.2, 0) is 0 Å². The molecule has 2 rings (SSSR count). The van der Waals surface area contributed by atoms with Crippen LogP contribution in [-0.4, -0.2) is 10.2 Å². The first-order valence-corrected chi connectivity index (χ1v) is 5.88. The fourth-order valence-corrected chi connectivity index (χ4v) is 1.62. The highest BCUT2D eigenvalue weighted by Gasteiger charge is 2.10. The summed E-state index contributed by atoms with van der Waals surface area (Å²) in [6.07, 6.45) is 0. The summed E-state index contributed by atoms with van der Waals surface area (Å²) in [4.78, 5) is 0. The van der Waals surface area contributed by atoms with Crippen molar-refractivity contribution in [1.29, 1.82) is 0 Å². The van der Waals surface area contributed by atoms with E-state index in [-0.39, 0.29) is 5.38 Å². The number of anilines is 2. The Kier molecular flexibility index (Phi) is 3.46. The van der Waals surface area contributed by atoms with E-state index < -0.39 is 0 Å². The smallest absolute Gasteiger partial charge is 0.320 e. The maximum absolute atomic E-state index is 5.81. The number of nitrogens with zero attached hydrogens (tertiary/aromatic N) is 2. The van der Waals surface area contributed by atoms with Gasteiger partial charge in [0.2, 0.25) is 5.89 Å². The minimum atomic E-state index is -0.287. The van der Waals surface area contributed by atoms with Crippen molar-refractivity contribution < 1.29 is 4.42 Å². The van der Waals surface area contributed by atoms with E-state index in [1.165, 1.54) is 0 Å². The second kappa shape index (κ2) is 4.84. The minimum absolute atomic E-state index is 0.287. The summed E-state index contributed by atoms with van der Waals surface area (Å²) in [6.45, 7) is 1.78. The van der Waals surface area contributed by atoms with Gasteiger partial charge in [-0.25, -0.2) is 0 Å². The SMILES string of the molecule is CC(Cl)c1nnc(Nc2cccc(Br)c2)o1. The van der Waals surface area contributed by atoms with Crippen LogP contribution in [0.15, 0.2) is 33.2 Å². The zero-order valence-corrected chi connectivity index (χ0v) is 10.8. The van der Waals surface area contributed by atoms with Gasteiger partial charge in [-0.05, 0) is 25.1 Å². The highest BCUT2D eigenvalue weighted by molar-refractivity contribution is 9.10. The van der Waals surface area contributed by atoms with Crippen LogP contribution in [0.1, 0.15) is 18.2 Å². The van der Waals surface area contributed by atoms with E-state index >= 15 is 0 Å². The van der Waals surface area contributed by atoms with E-state index in [4.69, 9.17) is 16.0 Å². The Bertz CT molecular complexity index is 486. The van der Waals surface area contributed by atoms with Crippen molar-refractivity contribution in [3.05, 3.63) is 34.6 Å². The molecule has 16 heavy (non-hydrogen) atoms. The standard InChI is InChI=1S/C10H9BrClN3O/c1-6(12)9-14-15-10(16-9)13-8-4-2-3-7(11)5-8/h2-6H,1H3,(H,13,15). The van der Waals surface area contributed by atoms with Crippen LogP contribution >= 0.6 is 27.5 Å². The molecule has 1 unspecified atom stereocenters. The van der Waals surface area contributed by atoms with Crippen molar-refractivity contribution >= 4 is 39.2 Å². The first kappa shape index (κ1) is 11.4. The molecule has 6 heteroatoms. The molecule has 0 aliphatic heterocycles. The van der Waals surface area contributed by atoms with Gasteiger partial charge in [-0.2, -0.15) is 0 Å². The summed E-state index contributed by atoms with van der Waals surface area (Å²) in [5, 5.41) is 10.4. The molecule has 0 radical (unpaired) electrons. The maximum atomic E-state index is 5.81. The second-order valence-corrected chi connectivity index (χ2v) is 4.77. The van der Waals surface area contributed by atoms with Crippen LogP contribution in [0.4, 0.5) is 11.7 Å². The summed E-state index contributed by atoms with van der Waals surface area (Å²) < 4.78 is 6.28. The number of benzene rings is 1. The number of hydrogen-bond acceptors (Lipinski definition) is 4. The van der Waals surface area contributed by atoms with Crippen molar-refractivity contribution in [2.75, 3.05) is 5.32 Å². The first-order chi connectivity index (χ1) is 7.65. The Morgan fingerprint density at radius 2 is 2.25 bits per heavy atom. The van der Waals surface area contributed by atoms with Crippen molar-refractivity contribution in [1.82, 2.24) is 10.2 Å². The third-order valence-corrected chi connectivity index (χ3v) is 2.54. The molecule has 1 heterocycles. The second-order valence-electron chi connectivity index (χ2n) is 3.20. The van der Waals surface area contributed by atoms with E-state index in [2.05, 4.69) is 31.4 Å². The van der Waals surface area contributed by atoms with Crippen molar-refractivity contribution in [2.24, 2.45) is 0 Å². The zero-order valence-electron chi connectivity index (χ0n) is 8.45. The fraction of sp³-hybridized carbons (Fsp3) is 0.200. The van der Waals surface area contributed by atoms with Crippen LogP contribution in [0.2, 0.25) is 0 Å². The molecule has 0 bridgehead atoms. The van der Waals surface area contributed by atoms with Crippen LogP contribution in [0, 0.1) is 0 Å². The average Bonchev–Trinajstić information content (AvgIpc) is 2.66. The minimum Gasteiger partial charge on any atom is -0.406 e. The number of nitrogens with one attached hydrogen (secondary N) is 1. The van der Waals surface area contributed by atoms with Gasteiger partial charge in [0.25, 0.3) is 0 Å². The summed E-state index contributed by atoms with van der Waals surface area (Å²) in [5.41, 5.74) is 0.867. The fourth-order valence-electron chi connectivity index (χ4n) is 1.14. The van der Waals surface area contributed by atoms with Crippen molar-refractivity contribution in [3.8, 4) is 0 Å². The summed E-state index contributed by atoms with van der Waals surface area (Å²) in [5.74, 6) is 0.402. The molecule has 84 valence electrons. The number of aromatic nitrogens is 2. The van der Waals surface area contributed by atoms with Crippen LogP contribution in [0.5, 0.6) is 0 Å². The Labute approximate surface area is 106 Å². The molecular weight excluding hydrogens is 293 g/mol. The number of rotatable bonds is 3. The van der Waals surface area contributed by atoms with Gasteiger partial charge in [0.1, 0.15) is 5.38 Å². The van der Waals surface area contributed by atoms with E-state index in [0.29, 0.717) is 11.9 Å². The van der Waals surface area contributed by atoms with Crippen LogP contribution < -0.4 is 5.32 Å². The molecule has 0 amide bonds. The lowest BCUT2D eigenvalue weighted by atomic mass is 10.3. The van der Waals surface area contributed by atoms with E-state index in [9.17, 15) is 0 Å². The molecule has 0 spiro atoms. The van der Waals surface area contributed by atoms with Crippen molar-refractivity contribution in [2.45, 2.75) is 12.3 Å². The Balaban J connectivity index is 2.14. The molecule has 0 aliphatic carbocycles. The lowest BCUT2D eigenvalue weighted by Crippen LogP contribution is -1.89.